The van der Waals surface area contributed by atoms with Gasteiger partial charge in [0.25, 0.3) is 5.91 Å². The van der Waals surface area contributed by atoms with Gasteiger partial charge in [0.05, 0.1) is 23.2 Å². The van der Waals surface area contributed by atoms with E-state index in [-0.39, 0.29) is 24.7 Å². The van der Waals surface area contributed by atoms with Crippen molar-refractivity contribution < 1.29 is 9.18 Å². The second-order valence-electron chi connectivity index (χ2n) is 5.64. The molecule has 3 aromatic rings. The van der Waals surface area contributed by atoms with Crippen molar-refractivity contribution >= 4 is 27.5 Å². The first kappa shape index (κ1) is 17.1. The molecule has 0 N–H and O–H groups in total. The Morgan fingerprint density at radius 1 is 1.24 bits per heavy atom. The van der Waals surface area contributed by atoms with Gasteiger partial charge in [0, 0.05) is 0 Å². The largest absolute Gasteiger partial charge is 0.305 e. The van der Waals surface area contributed by atoms with Crippen molar-refractivity contribution in [1.29, 1.82) is 0 Å². The maximum atomic E-state index is 13.4. The van der Waals surface area contributed by atoms with Crippen LogP contribution in [0.15, 0.2) is 47.5 Å². The van der Waals surface area contributed by atoms with Crippen LogP contribution in [0, 0.1) is 18.2 Å². The lowest BCUT2D eigenvalue weighted by Crippen LogP contribution is -2.17. The molecule has 3 rings (SSSR count). The average molecular weight is 352 g/mol. The Balaban J connectivity index is 1.94. The quantitative estimate of drug-likeness (QED) is 0.659. The molecule has 1 amide bonds. The topological polar surface area (TPSA) is 34.4 Å². The predicted octanol–water partition coefficient (Wildman–Crippen LogP) is 3.71. The Morgan fingerprint density at radius 3 is 2.64 bits per heavy atom. The first-order valence-electron chi connectivity index (χ1n) is 7.98. The number of carbonyl (C=O) groups excluding carboxylic acids is 1. The molecule has 0 spiro atoms. The maximum Gasteiger partial charge on any atom is 0.252 e. The molecule has 5 heteroatoms. The van der Waals surface area contributed by atoms with E-state index in [0.717, 1.165) is 17.5 Å². The van der Waals surface area contributed by atoms with Crippen LogP contribution in [-0.2, 0) is 24.2 Å². The average Bonchev–Trinajstić information content (AvgIpc) is 2.92. The normalized spacial score (nSPS) is 11.6. The van der Waals surface area contributed by atoms with E-state index in [0.29, 0.717) is 9.50 Å². The van der Waals surface area contributed by atoms with Gasteiger partial charge in [0.1, 0.15) is 5.82 Å². The Labute approximate surface area is 149 Å². The molecular weight excluding hydrogens is 335 g/mol. The highest BCUT2D eigenvalue weighted by atomic mass is 32.1. The molecule has 0 bridgehead atoms. The molecule has 0 atom stereocenters. The van der Waals surface area contributed by atoms with Crippen LogP contribution in [0.1, 0.15) is 18.1 Å². The first-order chi connectivity index (χ1) is 12.1. The minimum atomic E-state index is -0.324. The standard InChI is InChI=1S/C20H17FN2OS/c1-3-11-23-17-10-9-16(21)13-18(17)25-20(23)22-19(24)12-15-7-5-14(4-2)6-8-15/h1,5-10,13H,4,11-12H2,2H3. The molecule has 1 aromatic heterocycles. The van der Waals surface area contributed by atoms with Gasteiger partial charge in [-0.3, -0.25) is 4.79 Å². The third-order valence-electron chi connectivity index (χ3n) is 3.90. The predicted molar refractivity (Wildman–Crippen MR) is 98.7 cm³/mol. The summed E-state index contributed by atoms with van der Waals surface area (Å²) in [5.74, 6) is 1.99. The van der Waals surface area contributed by atoms with Crippen molar-refractivity contribution in [3.8, 4) is 12.3 Å². The number of aryl methyl sites for hydroxylation is 1. The fraction of sp³-hybridized carbons (Fsp3) is 0.200. The molecule has 1 heterocycles. The van der Waals surface area contributed by atoms with Crippen LogP contribution in [0.4, 0.5) is 4.39 Å². The zero-order valence-electron chi connectivity index (χ0n) is 13.8. The summed E-state index contributed by atoms with van der Waals surface area (Å²) in [7, 11) is 0. The van der Waals surface area contributed by atoms with Gasteiger partial charge in [-0.15, -0.1) is 6.42 Å². The second-order valence-corrected chi connectivity index (χ2v) is 6.65. The van der Waals surface area contributed by atoms with Crippen molar-refractivity contribution in [2.45, 2.75) is 26.3 Å². The Hall–Kier alpha value is -2.71. The number of halogens is 1. The first-order valence-corrected chi connectivity index (χ1v) is 8.80. The lowest BCUT2D eigenvalue weighted by atomic mass is 10.1. The molecule has 0 radical (unpaired) electrons. The molecule has 0 unspecified atom stereocenters. The fourth-order valence-corrected chi connectivity index (χ4v) is 3.66. The summed E-state index contributed by atoms with van der Waals surface area (Å²) >= 11 is 1.26. The number of hydrogen-bond acceptors (Lipinski definition) is 2. The van der Waals surface area contributed by atoms with Crippen molar-refractivity contribution in [2.24, 2.45) is 4.99 Å². The number of fused-ring (bicyclic) bond motifs is 1. The minimum Gasteiger partial charge on any atom is -0.305 e. The molecular formula is C20H17FN2OS. The molecule has 3 nitrogen and oxygen atoms in total. The summed E-state index contributed by atoms with van der Waals surface area (Å²) in [5.41, 5.74) is 2.93. The van der Waals surface area contributed by atoms with E-state index in [1.165, 1.54) is 29.0 Å². The molecule has 126 valence electrons. The number of benzene rings is 2. The maximum absolute atomic E-state index is 13.4. The van der Waals surface area contributed by atoms with Gasteiger partial charge in [-0.2, -0.15) is 4.99 Å². The van der Waals surface area contributed by atoms with E-state index in [1.807, 2.05) is 24.3 Å². The number of hydrogen-bond donors (Lipinski definition) is 0. The van der Waals surface area contributed by atoms with E-state index in [2.05, 4.69) is 17.8 Å². The van der Waals surface area contributed by atoms with Crippen molar-refractivity contribution in [1.82, 2.24) is 4.57 Å². The Bertz CT molecular complexity index is 1020. The molecule has 0 saturated carbocycles. The summed E-state index contributed by atoms with van der Waals surface area (Å²) in [5, 5.41) is 0. The smallest absolute Gasteiger partial charge is 0.252 e. The van der Waals surface area contributed by atoms with Crippen molar-refractivity contribution in [3.63, 3.8) is 0 Å². The summed E-state index contributed by atoms with van der Waals surface area (Å²) in [4.78, 5) is 17.0. The van der Waals surface area contributed by atoms with Crippen LogP contribution in [0.25, 0.3) is 10.2 Å². The SMILES string of the molecule is C#CCn1c(=NC(=O)Cc2ccc(CC)cc2)sc2cc(F)ccc21. The number of carbonyl (C=O) groups is 1. The lowest BCUT2D eigenvalue weighted by molar-refractivity contribution is -0.117. The lowest BCUT2D eigenvalue weighted by Gasteiger charge is -2.01. The third-order valence-corrected chi connectivity index (χ3v) is 4.94. The number of rotatable bonds is 4. The third kappa shape index (κ3) is 3.86. The zero-order chi connectivity index (χ0) is 17.8. The van der Waals surface area contributed by atoms with E-state index in [9.17, 15) is 9.18 Å². The highest BCUT2D eigenvalue weighted by Crippen LogP contribution is 2.18. The highest BCUT2D eigenvalue weighted by molar-refractivity contribution is 7.16. The summed E-state index contributed by atoms with van der Waals surface area (Å²) < 4.78 is 15.9. The number of thiazole rings is 1. The molecule has 0 aliphatic carbocycles. The van der Waals surface area contributed by atoms with Crippen LogP contribution in [-0.4, -0.2) is 10.5 Å². The minimum absolute atomic E-state index is 0.225. The Kier molecular flexibility index (Phi) is 5.11. The molecule has 25 heavy (non-hydrogen) atoms. The summed E-state index contributed by atoms with van der Waals surface area (Å²) in [6.07, 6.45) is 6.61. The highest BCUT2D eigenvalue weighted by Gasteiger charge is 2.09. The van der Waals surface area contributed by atoms with E-state index in [4.69, 9.17) is 6.42 Å². The zero-order valence-corrected chi connectivity index (χ0v) is 14.6. The molecule has 0 aliphatic rings. The number of nitrogens with zero attached hydrogens (tertiary/aromatic N) is 2. The monoisotopic (exact) mass is 352 g/mol. The fourth-order valence-electron chi connectivity index (χ4n) is 2.59. The van der Waals surface area contributed by atoms with Gasteiger partial charge in [-0.1, -0.05) is 48.4 Å². The Morgan fingerprint density at radius 2 is 1.96 bits per heavy atom. The van der Waals surface area contributed by atoms with Crippen LogP contribution in [0.5, 0.6) is 0 Å². The van der Waals surface area contributed by atoms with Crippen LogP contribution < -0.4 is 4.80 Å². The molecule has 2 aromatic carbocycles. The van der Waals surface area contributed by atoms with Gasteiger partial charge in [0.15, 0.2) is 4.80 Å². The van der Waals surface area contributed by atoms with Crippen molar-refractivity contribution in [3.05, 3.63) is 64.2 Å². The summed E-state index contributed by atoms with van der Waals surface area (Å²) in [6.45, 7) is 2.37. The number of aromatic nitrogens is 1. The van der Waals surface area contributed by atoms with Crippen LogP contribution in [0.2, 0.25) is 0 Å². The molecule has 0 aliphatic heterocycles. The second kappa shape index (κ2) is 7.45. The number of terminal acetylenes is 1. The van der Waals surface area contributed by atoms with Gasteiger partial charge >= 0.3 is 0 Å². The van der Waals surface area contributed by atoms with Gasteiger partial charge < -0.3 is 4.57 Å². The summed E-state index contributed by atoms with van der Waals surface area (Å²) in [6, 6.07) is 12.4. The molecule has 0 fully saturated rings. The molecule has 0 saturated heterocycles. The van der Waals surface area contributed by atoms with Crippen molar-refractivity contribution in [2.75, 3.05) is 0 Å². The van der Waals surface area contributed by atoms with Gasteiger partial charge in [-0.05, 0) is 35.7 Å². The van der Waals surface area contributed by atoms with Crippen LogP contribution in [0.3, 0.4) is 0 Å². The van der Waals surface area contributed by atoms with Crippen LogP contribution >= 0.6 is 11.3 Å². The van der Waals surface area contributed by atoms with Gasteiger partial charge in [0.2, 0.25) is 0 Å². The number of amides is 1. The van der Waals surface area contributed by atoms with E-state index >= 15 is 0 Å². The van der Waals surface area contributed by atoms with E-state index in [1.54, 1.807) is 10.6 Å². The van der Waals surface area contributed by atoms with Gasteiger partial charge in [-0.25, -0.2) is 4.39 Å². The van der Waals surface area contributed by atoms with E-state index < -0.39 is 0 Å².